The van der Waals surface area contributed by atoms with E-state index in [9.17, 15) is 0 Å². The molecule has 4 nitrogen and oxygen atoms in total. The molecule has 0 unspecified atom stereocenters. The minimum absolute atomic E-state index is 0.507. The van der Waals surface area contributed by atoms with Crippen molar-refractivity contribution in [2.24, 2.45) is 4.99 Å². The summed E-state index contributed by atoms with van der Waals surface area (Å²) in [6.45, 7) is 0. The van der Waals surface area contributed by atoms with Gasteiger partial charge in [0.1, 0.15) is 6.33 Å². The largest absolute Gasteiger partial charge is 0.245 e. The molecule has 0 bridgehead atoms. The lowest BCUT2D eigenvalue weighted by Crippen LogP contribution is -1.79. The van der Waals surface area contributed by atoms with E-state index < -0.39 is 0 Å². The zero-order valence-electron chi connectivity index (χ0n) is 7.18. The van der Waals surface area contributed by atoms with Crippen molar-refractivity contribution in [3.63, 3.8) is 0 Å². The zero-order chi connectivity index (χ0) is 9.80. The lowest BCUT2D eigenvalue weighted by molar-refractivity contribution is 1.08. The highest BCUT2D eigenvalue weighted by molar-refractivity contribution is 9.10. The van der Waals surface area contributed by atoms with E-state index >= 15 is 0 Å². The first-order valence-electron chi connectivity index (χ1n) is 3.99. The van der Waals surface area contributed by atoms with E-state index in [1.54, 1.807) is 6.21 Å². The molecule has 1 heterocycles. The van der Waals surface area contributed by atoms with E-state index in [4.69, 9.17) is 0 Å². The van der Waals surface area contributed by atoms with Gasteiger partial charge in [-0.1, -0.05) is 28.1 Å². The van der Waals surface area contributed by atoms with E-state index in [1.807, 2.05) is 24.3 Å². The van der Waals surface area contributed by atoms with Crippen LogP contribution in [0.1, 0.15) is 5.56 Å². The Morgan fingerprint density at radius 2 is 2.07 bits per heavy atom. The number of aromatic amines is 1. The SMILES string of the molecule is Brc1ccc(/C=N/c2ncn[nH]2)cc1. The van der Waals surface area contributed by atoms with Crippen molar-refractivity contribution in [3.05, 3.63) is 40.6 Å². The molecule has 1 aromatic heterocycles. The van der Waals surface area contributed by atoms with Crippen LogP contribution in [-0.4, -0.2) is 21.4 Å². The highest BCUT2D eigenvalue weighted by atomic mass is 79.9. The number of aromatic nitrogens is 3. The standard InChI is InChI=1S/C9H7BrN4/c10-8-3-1-7(2-4-8)5-11-9-12-6-13-14-9/h1-6H,(H,12,13,14)/b11-5+. The van der Waals surface area contributed by atoms with Gasteiger partial charge in [0.15, 0.2) is 0 Å². The van der Waals surface area contributed by atoms with Gasteiger partial charge in [-0.15, -0.1) is 0 Å². The molecule has 0 spiro atoms. The summed E-state index contributed by atoms with van der Waals surface area (Å²) in [5.74, 6) is 0.507. The van der Waals surface area contributed by atoms with Crippen molar-refractivity contribution in [2.75, 3.05) is 0 Å². The molecule has 2 rings (SSSR count). The maximum Gasteiger partial charge on any atom is 0.245 e. The summed E-state index contributed by atoms with van der Waals surface area (Å²) >= 11 is 3.36. The van der Waals surface area contributed by atoms with E-state index in [1.165, 1.54) is 6.33 Å². The van der Waals surface area contributed by atoms with Gasteiger partial charge >= 0.3 is 0 Å². The predicted molar refractivity (Wildman–Crippen MR) is 57.8 cm³/mol. The van der Waals surface area contributed by atoms with Crippen molar-refractivity contribution < 1.29 is 0 Å². The molecular formula is C9H7BrN4. The lowest BCUT2D eigenvalue weighted by atomic mass is 10.2. The molecule has 0 saturated carbocycles. The average Bonchev–Trinajstić information content (AvgIpc) is 2.70. The fourth-order valence-corrected chi connectivity index (χ4v) is 1.21. The highest BCUT2D eigenvalue weighted by Gasteiger charge is 1.90. The van der Waals surface area contributed by atoms with E-state index in [0.717, 1.165) is 10.0 Å². The summed E-state index contributed by atoms with van der Waals surface area (Å²) in [5.41, 5.74) is 1.02. The molecule has 0 saturated heterocycles. The summed E-state index contributed by atoms with van der Waals surface area (Å²) in [6.07, 6.45) is 3.15. The first-order chi connectivity index (χ1) is 6.84. The third-order valence-corrected chi connectivity index (χ3v) is 2.14. The topological polar surface area (TPSA) is 53.9 Å². The maximum atomic E-state index is 4.10. The Morgan fingerprint density at radius 3 is 2.71 bits per heavy atom. The molecule has 0 amide bonds. The maximum absolute atomic E-state index is 4.10. The fourth-order valence-electron chi connectivity index (χ4n) is 0.946. The third kappa shape index (κ3) is 2.26. The predicted octanol–water partition coefficient (Wildman–Crippen LogP) is 2.32. The van der Waals surface area contributed by atoms with E-state index in [2.05, 4.69) is 36.1 Å². The van der Waals surface area contributed by atoms with Crippen LogP contribution in [0.3, 0.4) is 0 Å². The number of H-pyrrole nitrogens is 1. The van der Waals surface area contributed by atoms with Gasteiger partial charge < -0.3 is 0 Å². The van der Waals surface area contributed by atoms with Gasteiger partial charge in [-0.3, -0.25) is 0 Å². The first-order valence-corrected chi connectivity index (χ1v) is 4.79. The second-order valence-corrected chi connectivity index (χ2v) is 3.53. The van der Waals surface area contributed by atoms with Crippen molar-refractivity contribution in [2.45, 2.75) is 0 Å². The smallest absolute Gasteiger partial charge is 0.244 e. The molecule has 0 atom stereocenters. The monoisotopic (exact) mass is 250 g/mol. The normalized spacial score (nSPS) is 10.9. The molecule has 5 heteroatoms. The van der Waals surface area contributed by atoms with Crippen LogP contribution in [0.15, 0.2) is 40.1 Å². The summed E-state index contributed by atoms with van der Waals surface area (Å²) in [6, 6.07) is 7.84. The Balaban J connectivity index is 2.15. The Hall–Kier alpha value is -1.49. The molecule has 1 aromatic carbocycles. The van der Waals surface area contributed by atoms with E-state index in [0.29, 0.717) is 5.95 Å². The van der Waals surface area contributed by atoms with Gasteiger partial charge in [0.2, 0.25) is 5.95 Å². The molecular weight excluding hydrogens is 244 g/mol. The van der Waals surface area contributed by atoms with Crippen LogP contribution >= 0.6 is 15.9 Å². The van der Waals surface area contributed by atoms with Crippen LogP contribution in [-0.2, 0) is 0 Å². The Labute approximate surface area is 89.2 Å². The molecule has 0 aliphatic rings. The molecule has 0 radical (unpaired) electrons. The molecule has 70 valence electrons. The number of hydrogen-bond donors (Lipinski definition) is 1. The third-order valence-electron chi connectivity index (χ3n) is 1.61. The van der Waals surface area contributed by atoms with Gasteiger partial charge in [-0.25, -0.2) is 10.1 Å². The van der Waals surface area contributed by atoms with Crippen LogP contribution in [0.2, 0.25) is 0 Å². The number of nitrogens with zero attached hydrogens (tertiary/aromatic N) is 3. The number of hydrogen-bond acceptors (Lipinski definition) is 3. The summed E-state index contributed by atoms with van der Waals surface area (Å²) in [4.78, 5) is 7.97. The van der Waals surface area contributed by atoms with Gasteiger partial charge in [-0.05, 0) is 17.7 Å². The second-order valence-electron chi connectivity index (χ2n) is 2.62. The summed E-state index contributed by atoms with van der Waals surface area (Å²) in [5, 5.41) is 6.34. The summed E-state index contributed by atoms with van der Waals surface area (Å²) < 4.78 is 1.05. The Morgan fingerprint density at radius 1 is 1.29 bits per heavy atom. The lowest BCUT2D eigenvalue weighted by Gasteiger charge is -1.91. The minimum Gasteiger partial charge on any atom is -0.244 e. The van der Waals surface area contributed by atoms with Gasteiger partial charge in [-0.2, -0.15) is 10.1 Å². The van der Waals surface area contributed by atoms with Crippen molar-refractivity contribution >= 4 is 28.1 Å². The number of halogens is 1. The van der Waals surface area contributed by atoms with Crippen LogP contribution in [0.25, 0.3) is 0 Å². The fraction of sp³-hybridized carbons (Fsp3) is 0. The molecule has 0 fully saturated rings. The average molecular weight is 251 g/mol. The Bertz CT molecular complexity index is 419. The molecule has 1 N–H and O–H groups in total. The molecule has 0 aliphatic heterocycles. The van der Waals surface area contributed by atoms with Gasteiger partial charge in [0.25, 0.3) is 0 Å². The van der Waals surface area contributed by atoms with Gasteiger partial charge in [0.05, 0.1) is 0 Å². The van der Waals surface area contributed by atoms with Crippen LogP contribution in [0.5, 0.6) is 0 Å². The van der Waals surface area contributed by atoms with E-state index in [-0.39, 0.29) is 0 Å². The van der Waals surface area contributed by atoms with Crippen LogP contribution in [0.4, 0.5) is 5.95 Å². The molecule has 2 aromatic rings. The number of rotatable bonds is 2. The quantitative estimate of drug-likeness (QED) is 0.832. The first kappa shape index (κ1) is 9.08. The summed E-state index contributed by atoms with van der Waals surface area (Å²) in [7, 11) is 0. The van der Waals surface area contributed by atoms with Crippen molar-refractivity contribution in [1.29, 1.82) is 0 Å². The van der Waals surface area contributed by atoms with Crippen LogP contribution in [0, 0.1) is 0 Å². The Kier molecular flexibility index (Phi) is 2.69. The second kappa shape index (κ2) is 4.15. The number of aliphatic imine (C=N–C) groups is 1. The van der Waals surface area contributed by atoms with Crippen LogP contribution < -0.4 is 0 Å². The minimum atomic E-state index is 0.507. The van der Waals surface area contributed by atoms with Crippen molar-refractivity contribution in [1.82, 2.24) is 15.2 Å². The number of nitrogens with one attached hydrogen (secondary N) is 1. The molecule has 14 heavy (non-hydrogen) atoms. The molecule has 0 aliphatic carbocycles. The number of benzene rings is 1. The zero-order valence-corrected chi connectivity index (χ0v) is 8.77. The highest BCUT2D eigenvalue weighted by Crippen LogP contribution is 2.09. The van der Waals surface area contributed by atoms with Gasteiger partial charge in [0, 0.05) is 10.7 Å². The van der Waals surface area contributed by atoms with Crippen molar-refractivity contribution in [3.8, 4) is 0 Å².